The van der Waals surface area contributed by atoms with Crippen molar-refractivity contribution in [3.63, 3.8) is 0 Å². The number of nitrogens with one attached hydrogen (secondary N) is 1. The highest BCUT2D eigenvalue weighted by Crippen LogP contribution is 2.09. The number of rotatable bonds is 11. The number of unbranched alkanes of at least 4 members (excludes halogenated alkanes) is 3. The van der Waals surface area contributed by atoms with E-state index in [4.69, 9.17) is 5.11 Å². The Bertz CT molecular complexity index is 137. The highest BCUT2D eigenvalue weighted by atomic mass is 16.2. The minimum Gasteiger partial charge on any atom is -0.396 e. The highest BCUT2D eigenvalue weighted by Gasteiger charge is 1.99. The molecule has 0 saturated carbocycles. The first-order chi connectivity index (χ1) is 7.66. The Morgan fingerprint density at radius 1 is 0.875 bits per heavy atom. The Hall–Kier alpha value is -0.0800. The Labute approximate surface area is 102 Å². The SMILES string of the molecule is CC(C)CCCCCCNC(C)CCCO. The van der Waals surface area contributed by atoms with E-state index in [0.29, 0.717) is 12.6 Å². The van der Waals surface area contributed by atoms with Crippen LogP contribution in [0.4, 0.5) is 0 Å². The second kappa shape index (κ2) is 11.4. The monoisotopic (exact) mass is 229 g/mol. The van der Waals surface area contributed by atoms with Gasteiger partial charge in [-0.15, -0.1) is 0 Å². The van der Waals surface area contributed by atoms with E-state index >= 15 is 0 Å². The topological polar surface area (TPSA) is 32.3 Å². The van der Waals surface area contributed by atoms with Crippen LogP contribution >= 0.6 is 0 Å². The minimum absolute atomic E-state index is 0.321. The van der Waals surface area contributed by atoms with Crippen molar-refractivity contribution >= 4 is 0 Å². The Morgan fingerprint density at radius 2 is 1.56 bits per heavy atom. The fourth-order valence-corrected chi connectivity index (χ4v) is 1.88. The highest BCUT2D eigenvalue weighted by molar-refractivity contribution is 4.60. The molecule has 0 aromatic rings. The predicted molar refractivity (Wildman–Crippen MR) is 71.7 cm³/mol. The molecular formula is C14H31NO. The second-order valence-electron chi connectivity index (χ2n) is 5.32. The summed E-state index contributed by atoms with van der Waals surface area (Å²) in [5, 5.41) is 12.2. The number of hydrogen-bond donors (Lipinski definition) is 2. The molecule has 2 nitrogen and oxygen atoms in total. The maximum atomic E-state index is 8.70. The largest absolute Gasteiger partial charge is 0.396 e. The van der Waals surface area contributed by atoms with Crippen LogP contribution in [0.2, 0.25) is 0 Å². The molecule has 0 aliphatic heterocycles. The Kier molecular flexibility index (Phi) is 11.3. The summed E-state index contributed by atoms with van der Waals surface area (Å²) < 4.78 is 0. The van der Waals surface area contributed by atoms with E-state index in [1.807, 2.05) is 0 Å². The average molecular weight is 229 g/mol. The van der Waals surface area contributed by atoms with Crippen molar-refractivity contribution in [2.24, 2.45) is 5.92 Å². The Balaban J connectivity index is 3.08. The van der Waals surface area contributed by atoms with Crippen LogP contribution in [0.15, 0.2) is 0 Å². The first-order valence-corrected chi connectivity index (χ1v) is 7.01. The summed E-state index contributed by atoms with van der Waals surface area (Å²) in [5.74, 6) is 0.858. The van der Waals surface area contributed by atoms with Crippen molar-refractivity contribution in [1.82, 2.24) is 5.32 Å². The summed E-state index contributed by atoms with van der Waals surface area (Å²) in [5.41, 5.74) is 0. The van der Waals surface area contributed by atoms with Crippen LogP contribution in [0.5, 0.6) is 0 Å². The summed E-state index contributed by atoms with van der Waals surface area (Å²) in [6, 6.07) is 0.558. The van der Waals surface area contributed by atoms with Gasteiger partial charge < -0.3 is 10.4 Å². The molecule has 2 N–H and O–H groups in total. The molecule has 0 heterocycles. The van der Waals surface area contributed by atoms with Gasteiger partial charge in [-0.1, -0.05) is 39.5 Å². The van der Waals surface area contributed by atoms with E-state index < -0.39 is 0 Å². The van der Waals surface area contributed by atoms with Gasteiger partial charge in [0.2, 0.25) is 0 Å². The molecule has 0 aromatic carbocycles. The Morgan fingerprint density at radius 3 is 2.19 bits per heavy atom. The van der Waals surface area contributed by atoms with Crippen molar-refractivity contribution < 1.29 is 5.11 Å². The zero-order valence-electron chi connectivity index (χ0n) is 11.5. The van der Waals surface area contributed by atoms with Crippen LogP contribution in [-0.4, -0.2) is 24.3 Å². The molecule has 2 heteroatoms. The molecule has 0 spiro atoms. The van der Waals surface area contributed by atoms with E-state index in [-0.39, 0.29) is 0 Å². The summed E-state index contributed by atoms with van der Waals surface area (Å²) in [4.78, 5) is 0. The van der Waals surface area contributed by atoms with Gasteiger partial charge in [0.1, 0.15) is 0 Å². The van der Waals surface area contributed by atoms with Crippen LogP contribution in [0, 0.1) is 5.92 Å². The van der Waals surface area contributed by atoms with Gasteiger partial charge in [0.05, 0.1) is 0 Å². The van der Waals surface area contributed by atoms with Gasteiger partial charge in [-0.2, -0.15) is 0 Å². The van der Waals surface area contributed by atoms with E-state index in [2.05, 4.69) is 26.1 Å². The molecule has 1 unspecified atom stereocenters. The minimum atomic E-state index is 0.321. The smallest absolute Gasteiger partial charge is 0.0431 e. The van der Waals surface area contributed by atoms with Gasteiger partial charge in [0.15, 0.2) is 0 Å². The molecule has 0 saturated heterocycles. The van der Waals surface area contributed by atoms with Crippen molar-refractivity contribution in [2.45, 2.75) is 71.8 Å². The number of aliphatic hydroxyl groups is 1. The van der Waals surface area contributed by atoms with Gasteiger partial charge in [0, 0.05) is 12.6 Å². The molecule has 0 fully saturated rings. The first-order valence-electron chi connectivity index (χ1n) is 7.01. The molecule has 0 radical (unpaired) electrons. The summed E-state index contributed by atoms with van der Waals surface area (Å²) in [7, 11) is 0. The van der Waals surface area contributed by atoms with Gasteiger partial charge in [0.25, 0.3) is 0 Å². The van der Waals surface area contributed by atoms with Crippen molar-refractivity contribution in [1.29, 1.82) is 0 Å². The fraction of sp³-hybridized carbons (Fsp3) is 1.00. The van der Waals surface area contributed by atoms with Crippen LogP contribution in [-0.2, 0) is 0 Å². The summed E-state index contributed by atoms with van der Waals surface area (Å²) in [6.45, 7) is 8.25. The fourth-order valence-electron chi connectivity index (χ4n) is 1.88. The van der Waals surface area contributed by atoms with Gasteiger partial charge in [-0.05, 0) is 38.6 Å². The molecule has 16 heavy (non-hydrogen) atoms. The third-order valence-electron chi connectivity index (χ3n) is 3.00. The molecule has 0 amide bonds. The summed E-state index contributed by atoms with van der Waals surface area (Å²) >= 11 is 0. The van der Waals surface area contributed by atoms with Crippen molar-refractivity contribution in [2.75, 3.05) is 13.2 Å². The third kappa shape index (κ3) is 12.0. The van der Waals surface area contributed by atoms with Crippen LogP contribution in [0.25, 0.3) is 0 Å². The van der Waals surface area contributed by atoms with Gasteiger partial charge in [-0.3, -0.25) is 0 Å². The number of aliphatic hydroxyl groups excluding tert-OH is 1. The predicted octanol–water partition coefficient (Wildman–Crippen LogP) is 3.34. The first kappa shape index (κ1) is 15.9. The lowest BCUT2D eigenvalue weighted by molar-refractivity contribution is 0.276. The molecule has 98 valence electrons. The van der Waals surface area contributed by atoms with E-state index in [0.717, 1.165) is 25.3 Å². The van der Waals surface area contributed by atoms with Crippen LogP contribution < -0.4 is 5.32 Å². The molecule has 0 rings (SSSR count). The van der Waals surface area contributed by atoms with Crippen molar-refractivity contribution in [3.8, 4) is 0 Å². The second-order valence-corrected chi connectivity index (χ2v) is 5.32. The van der Waals surface area contributed by atoms with Gasteiger partial charge in [-0.25, -0.2) is 0 Å². The number of hydrogen-bond acceptors (Lipinski definition) is 2. The standard InChI is InChI=1S/C14H31NO/c1-13(2)9-6-4-5-7-11-15-14(3)10-8-12-16/h13-16H,4-12H2,1-3H3. The molecule has 0 bridgehead atoms. The molecule has 0 aliphatic rings. The van der Waals surface area contributed by atoms with E-state index in [1.54, 1.807) is 0 Å². The molecule has 0 aliphatic carbocycles. The van der Waals surface area contributed by atoms with E-state index in [1.165, 1.54) is 32.1 Å². The lowest BCUT2D eigenvalue weighted by Gasteiger charge is -2.12. The quantitative estimate of drug-likeness (QED) is 0.533. The van der Waals surface area contributed by atoms with Crippen LogP contribution in [0.1, 0.15) is 65.7 Å². The molecule has 1 atom stereocenters. The molecular weight excluding hydrogens is 198 g/mol. The lowest BCUT2D eigenvalue weighted by atomic mass is 10.0. The third-order valence-corrected chi connectivity index (χ3v) is 3.00. The zero-order chi connectivity index (χ0) is 12.2. The van der Waals surface area contributed by atoms with Crippen molar-refractivity contribution in [3.05, 3.63) is 0 Å². The average Bonchev–Trinajstić information content (AvgIpc) is 2.24. The summed E-state index contributed by atoms with van der Waals surface area (Å²) in [6.07, 6.45) is 8.79. The maximum absolute atomic E-state index is 8.70. The van der Waals surface area contributed by atoms with Gasteiger partial charge >= 0.3 is 0 Å². The van der Waals surface area contributed by atoms with E-state index in [9.17, 15) is 0 Å². The zero-order valence-corrected chi connectivity index (χ0v) is 11.5. The lowest BCUT2D eigenvalue weighted by Crippen LogP contribution is -2.27. The van der Waals surface area contributed by atoms with Crippen LogP contribution in [0.3, 0.4) is 0 Å². The molecule has 0 aromatic heterocycles. The maximum Gasteiger partial charge on any atom is 0.0431 e. The normalized spacial score (nSPS) is 13.3.